The molecule has 0 amide bonds. The predicted octanol–water partition coefficient (Wildman–Crippen LogP) is 2.27. The minimum absolute atomic E-state index is 0.853. The van der Waals surface area contributed by atoms with E-state index in [0.717, 1.165) is 22.3 Å². The van der Waals surface area contributed by atoms with Crippen LogP contribution in [0, 0.1) is 38.5 Å². The Kier molecular flexibility index (Phi) is 2.22. The molecule has 1 rings (SSSR count). The lowest BCUT2D eigenvalue weighted by molar-refractivity contribution is 1.31. The number of benzene rings is 1. The zero-order valence-electron chi connectivity index (χ0n) is 7.31. The van der Waals surface area contributed by atoms with E-state index in [9.17, 15) is 0 Å². The lowest BCUT2D eigenvalue weighted by Gasteiger charge is -2.03. The standard InChI is InChI=1S/C12H10/c1-5-11-7-9(3)10(4)12(6-2)8-11/h1-2,7-8H,3-4H3. The monoisotopic (exact) mass is 154 g/mol. The Balaban J connectivity index is 3.44. The first kappa shape index (κ1) is 8.44. The quantitative estimate of drug-likeness (QED) is 0.503. The summed E-state index contributed by atoms with van der Waals surface area (Å²) in [6.45, 7) is 4.02. The Labute approximate surface area is 73.6 Å². The lowest BCUT2D eigenvalue weighted by Crippen LogP contribution is -1.89. The Hall–Kier alpha value is -1.66. The topological polar surface area (TPSA) is 0 Å². The summed E-state index contributed by atoms with van der Waals surface area (Å²) in [5, 5.41) is 0. The molecule has 0 aliphatic heterocycles. The van der Waals surface area contributed by atoms with Crippen molar-refractivity contribution in [2.24, 2.45) is 0 Å². The second-order valence-electron chi connectivity index (χ2n) is 2.75. The molecule has 0 saturated carbocycles. The van der Waals surface area contributed by atoms with E-state index in [-0.39, 0.29) is 0 Å². The van der Waals surface area contributed by atoms with Gasteiger partial charge in [-0.1, -0.05) is 11.8 Å². The SMILES string of the molecule is C#Cc1cc(C)c(C)c(C#C)c1. The molecule has 0 nitrogen and oxygen atoms in total. The van der Waals surface area contributed by atoms with E-state index in [1.807, 2.05) is 26.0 Å². The summed E-state index contributed by atoms with van der Waals surface area (Å²) >= 11 is 0. The van der Waals surface area contributed by atoms with Crippen molar-refractivity contribution in [3.05, 3.63) is 34.4 Å². The van der Waals surface area contributed by atoms with E-state index in [1.54, 1.807) is 0 Å². The van der Waals surface area contributed by atoms with Crippen molar-refractivity contribution in [1.82, 2.24) is 0 Å². The molecule has 0 heteroatoms. The van der Waals surface area contributed by atoms with Crippen LogP contribution in [-0.2, 0) is 0 Å². The zero-order valence-corrected chi connectivity index (χ0v) is 7.31. The van der Waals surface area contributed by atoms with Gasteiger partial charge in [0.2, 0.25) is 0 Å². The molecule has 1 aromatic carbocycles. The summed E-state index contributed by atoms with van der Waals surface area (Å²) in [5.41, 5.74) is 4.03. The molecule has 0 atom stereocenters. The lowest BCUT2D eigenvalue weighted by atomic mass is 10.0. The number of rotatable bonds is 0. The fraction of sp³-hybridized carbons (Fsp3) is 0.167. The summed E-state index contributed by atoms with van der Waals surface area (Å²) in [7, 11) is 0. The highest BCUT2D eigenvalue weighted by molar-refractivity contribution is 5.50. The van der Waals surface area contributed by atoms with Crippen molar-refractivity contribution in [2.75, 3.05) is 0 Å². The molecule has 0 aliphatic rings. The number of terminal acetylenes is 2. The average Bonchev–Trinajstić information content (AvgIpc) is 2.09. The average molecular weight is 154 g/mol. The molecule has 0 saturated heterocycles. The van der Waals surface area contributed by atoms with Crippen LogP contribution in [0.25, 0.3) is 0 Å². The molecule has 0 spiro atoms. The summed E-state index contributed by atoms with van der Waals surface area (Å²) in [5.74, 6) is 5.19. The van der Waals surface area contributed by atoms with E-state index < -0.39 is 0 Å². The minimum Gasteiger partial charge on any atom is -0.115 e. The van der Waals surface area contributed by atoms with Gasteiger partial charge in [0.15, 0.2) is 0 Å². The third kappa shape index (κ3) is 1.34. The van der Waals surface area contributed by atoms with Crippen LogP contribution in [0.4, 0.5) is 0 Å². The zero-order chi connectivity index (χ0) is 9.14. The largest absolute Gasteiger partial charge is 0.115 e. The first-order chi connectivity index (χ1) is 5.69. The van der Waals surface area contributed by atoms with Crippen molar-refractivity contribution < 1.29 is 0 Å². The van der Waals surface area contributed by atoms with Gasteiger partial charge in [0.1, 0.15) is 0 Å². The number of hydrogen-bond donors (Lipinski definition) is 0. The molecule has 0 unspecified atom stereocenters. The molecule has 0 aliphatic carbocycles. The van der Waals surface area contributed by atoms with Gasteiger partial charge in [-0.15, -0.1) is 12.8 Å². The van der Waals surface area contributed by atoms with E-state index >= 15 is 0 Å². The van der Waals surface area contributed by atoms with Crippen molar-refractivity contribution >= 4 is 0 Å². The van der Waals surface area contributed by atoms with Gasteiger partial charge in [0.05, 0.1) is 0 Å². The molecule has 0 fully saturated rings. The van der Waals surface area contributed by atoms with Gasteiger partial charge in [-0.3, -0.25) is 0 Å². The maximum absolute atomic E-state index is 5.32. The van der Waals surface area contributed by atoms with Crippen LogP contribution in [0.5, 0.6) is 0 Å². The number of hydrogen-bond acceptors (Lipinski definition) is 0. The Morgan fingerprint density at radius 3 is 2.25 bits per heavy atom. The minimum atomic E-state index is 0.853. The van der Waals surface area contributed by atoms with Gasteiger partial charge in [0, 0.05) is 11.1 Å². The molecular weight excluding hydrogens is 144 g/mol. The van der Waals surface area contributed by atoms with Crippen LogP contribution in [0.3, 0.4) is 0 Å². The van der Waals surface area contributed by atoms with E-state index in [2.05, 4.69) is 11.8 Å². The van der Waals surface area contributed by atoms with Crippen molar-refractivity contribution in [3.8, 4) is 24.7 Å². The highest BCUT2D eigenvalue weighted by Crippen LogP contribution is 2.14. The summed E-state index contributed by atoms with van der Waals surface area (Å²) in [6, 6.07) is 3.83. The fourth-order valence-electron chi connectivity index (χ4n) is 1.09. The Bertz CT molecular complexity index is 384. The fourth-order valence-corrected chi connectivity index (χ4v) is 1.09. The molecule has 12 heavy (non-hydrogen) atoms. The molecule has 0 aromatic heterocycles. The van der Waals surface area contributed by atoms with Crippen molar-refractivity contribution in [1.29, 1.82) is 0 Å². The first-order valence-corrected chi connectivity index (χ1v) is 3.73. The molecule has 0 heterocycles. The maximum atomic E-state index is 5.32. The molecular formula is C12H10. The number of aryl methyl sites for hydroxylation is 1. The van der Waals surface area contributed by atoms with Crippen molar-refractivity contribution in [2.45, 2.75) is 13.8 Å². The second kappa shape index (κ2) is 3.16. The third-order valence-corrected chi connectivity index (χ3v) is 1.99. The summed E-state index contributed by atoms with van der Waals surface area (Å²) < 4.78 is 0. The van der Waals surface area contributed by atoms with Crippen LogP contribution in [-0.4, -0.2) is 0 Å². The maximum Gasteiger partial charge on any atom is 0.0286 e. The molecule has 58 valence electrons. The molecule has 0 N–H and O–H groups in total. The van der Waals surface area contributed by atoms with Crippen LogP contribution in [0.2, 0.25) is 0 Å². The highest BCUT2D eigenvalue weighted by atomic mass is 14.0. The van der Waals surface area contributed by atoms with Crippen LogP contribution < -0.4 is 0 Å². The normalized spacial score (nSPS) is 8.67. The molecule has 0 radical (unpaired) electrons. The van der Waals surface area contributed by atoms with Crippen LogP contribution >= 0.6 is 0 Å². The Morgan fingerprint density at radius 2 is 1.75 bits per heavy atom. The van der Waals surface area contributed by atoms with Gasteiger partial charge in [-0.05, 0) is 37.1 Å². The van der Waals surface area contributed by atoms with Gasteiger partial charge in [-0.25, -0.2) is 0 Å². The smallest absolute Gasteiger partial charge is 0.0286 e. The van der Waals surface area contributed by atoms with Gasteiger partial charge in [-0.2, -0.15) is 0 Å². The molecule has 1 aromatic rings. The first-order valence-electron chi connectivity index (χ1n) is 3.73. The summed E-state index contributed by atoms with van der Waals surface area (Å²) in [6.07, 6.45) is 10.6. The highest BCUT2D eigenvalue weighted by Gasteiger charge is 1.99. The van der Waals surface area contributed by atoms with Gasteiger partial charge in [0.25, 0.3) is 0 Å². The van der Waals surface area contributed by atoms with E-state index in [4.69, 9.17) is 12.8 Å². The second-order valence-corrected chi connectivity index (χ2v) is 2.75. The van der Waals surface area contributed by atoms with Crippen molar-refractivity contribution in [3.63, 3.8) is 0 Å². The van der Waals surface area contributed by atoms with E-state index in [0.29, 0.717) is 0 Å². The van der Waals surface area contributed by atoms with Crippen LogP contribution in [0.1, 0.15) is 22.3 Å². The van der Waals surface area contributed by atoms with E-state index in [1.165, 1.54) is 0 Å². The predicted molar refractivity (Wildman–Crippen MR) is 51.8 cm³/mol. The van der Waals surface area contributed by atoms with Crippen LogP contribution in [0.15, 0.2) is 12.1 Å². The Morgan fingerprint density at radius 1 is 1.08 bits per heavy atom. The third-order valence-electron chi connectivity index (χ3n) is 1.99. The van der Waals surface area contributed by atoms with Gasteiger partial charge < -0.3 is 0 Å². The van der Waals surface area contributed by atoms with Gasteiger partial charge >= 0.3 is 0 Å². The summed E-state index contributed by atoms with van der Waals surface area (Å²) in [4.78, 5) is 0. The molecule has 0 bridgehead atoms.